The van der Waals surface area contributed by atoms with Gasteiger partial charge in [0.1, 0.15) is 0 Å². The molecule has 2 aromatic rings. The van der Waals surface area contributed by atoms with Gasteiger partial charge in [0.25, 0.3) is 5.56 Å². The molecular formula is C20H25N3O4S. The molecule has 0 N–H and O–H groups in total. The first-order valence-corrected chi connectivity index (χ1v) is 10.6. The van der Waals surface area contributed by atoms with E-state index in [-0.39, 0.29) is 29.1 Å². The predicted octanol–water partition coefficient (Wildman–Crippen LogP) is 2.31. The summed E-state index contributed by atoms with van der Waals surface area (Å²) in [6.07, 6.45) is 1.26. The summed E-state index contributed by atoms with van der Waals surface area (Å²) in [7, 11) is 0. The van der Waals surface area contributed by atoms with Gasteiger partial charge in [-0.05, 0) is 38.8 Å². The van der Waals surface area contributed by atoms with Crippen LogP contribution in [-0.2, 0) is 20.9 Å². The molecule has 2 heterocycles. The fourth-order valence-corrected chi connectivity index (χ4v) is 4.34. The Kier molecular flexibility index (Phi) is 6.72. The first-order valence-electron chi connectivity index (χ1n) is 9.61. The van der Waals surface area contributed by atoms with Crippen LogP contribution in [0.15, 0.2) is 34.2 Å². The Bertz CT molecular complexity index is 919. The second-order valence-corrected chi connectivity index (χ2v) is 7.60. The number of piperidine rings is 1. The third-order valence-electron chi connectivity index (χ3n) is 4.94. The molecule has 0 saturated carbocycles. The van der Waals surface area contributed by atoms with E-state index in [2.05, 4.69) is 4.98 Å². The minimum atomic E-state index is -0.170. The third-order valence-corrected chi connectivity index (χ3v) is 5.90. The summed E-state index contributed by atoms with van der Waals surface area (Å²) in [6.45, 7) is 5.67. The molecule has 0 bridgehead atoms. The summed E-state index contributed by atoms with van der Waals surface area (Å²) in [5, 5.41) is 1.14. The summed E-state index contributed by atoms with van der Waals surface area (Å²) in [5.41, 5.74) is 0.556. The van der Waals surface area contributed by atoms with Crippen LogP contribution in [0.5, 0.6) is 0 Å². The predicted molar refractivity (Wildman–Crippen MR) is 108 cm³/mol. The number of ether oxygens (including phenoxy) is 1. The van der Waals surface area contributed by atoms with E-state index in [1.807, 2.05) is 25.1 Å². The molecule has 0 unspecified atom stereocenters. The highest BCUT2D eigenvalue weighted by Gasteiger charge is 2.28. The Morgan fingerprint density at radius 2 is 1.93 bits per heavy atom. The molecule has 0 atom stereocenters. The maximum Gasteiger partial charge on any atom is 0.309 e. The van der Waals surface area contributed by atoms with Gasteiger partial charge in [0.05, 0.1) is 29.2 Å². The highest BCUT2D eigenvalue weighted by Crippen LogP contribution is 2.22. The number of thioether (sulfide) groups is 1. The van der Waals surface area contributed by atoms with Gasteiger partial charge in [-0.25, -0.2) is 4.98 Å². The van der Waals surface area contributed by atoms with Gasteiger partial charge in [-0.2, -0.15) is 0 Å². The minimum Gasteiger partial charge on any atom is -0.466 e. The molecule has 0 radical (unpaired) electrons. The number of rotatable bonds is 6. The number of aromatic nitrogens is 2. The van der Waals surface area contributed by atoms with Crippen LogP contribution in [0.1, 0.15) is 26.7 Å². The molecular weight excluding hydrogens is 378 g/mol. The molecule has 1 aliphatic rings. The number of para-hydroxylation sites is 1. The van der Waals surface area contributed by atoms with Crippen molar-refractivity contribution in [1.82, 2.24) is 14.5 Å². The molecule has 1 aromatic heterocycles. The van der Waals surface area contributed by atoms with Crippen LogP contribution < -0.4 is 5.56 Å². The Balaban J connectivity index is 1.64. The van der Waals surface area contributed by atoms with Gasteiger partial charge in [-0.3, -0.25) is 19.0 Å². The first kappa shape index (κ1) is 20.4. The van der Waals surface area contributed by atoms with E-state index < -0.39 is 0 Å². The zero-order valence-corrected chi connectivity index (χ0v) is 17.0. The number of amides is 1. The summed E-state index contributed by atoms with van der Waals surface area (Å²) in [6, 6.07) is 7.24. The summed E-state index contributed by atoms with van der Waals surface area (Å²) in [5.74, 6) is -0.0766. The highest BCUT2D eigenvalue weighted by molar-refractivity contribution is 7.99. The van der Waals surface area contributed by atoms with Crippen LogP contribution in [0.2, 0.25) is 0 Å². The van der Waals surface area contributed by atoms with Crippen molar-refractivity contribution in [2.45, 2.75) is 38.4 Å². The van der Waals surface area contributed by atoms with E-state index in [0.717, 1.165) is 0 Å². The van der Waals surface area contributed by atoms with Crippen LogP contribution in [0.4, 0.5) is 0 Å². The normalized spacial score (nSPS) is 15.0. The molecule has 3 rings (SSSR count). The summed E-state index contributed by atoms with van der Waals surface area (Å²) in [4.78, 5) is 43.4. The lowest BCUT2D eigenvalue weighted by molar-refractivity contribution is -0.151. The number of esters is 1. The van der Waals surface area contributed by atoms with Crippen molar-refractivity contribution in [1.29, 1.82) is 0 Å². The number of likely N-dealkylation sites (tertiary alicyclic amines) is 1. The molecule has 1 aromatic carbocycles. The number of hydrogen-bond donors (Lipinski definition) is 0. The van der Waals surface area contributed by atoms with Gasteiger partial charge < -0.3 is 9.64 Å². The van der Waals surface area contributed by atoms with E-state index in [0.29, 0.717) is 55.1 Å². The van der Waals surface area contributed by atoms with Crippen molar-refractivity contribution < 1.29 is 14.3 Å². The molecule has 1 saturated heterocycles. The molecule has 0 spiro atoms. The monoisotopic (exact) mass is 403 g/mol. The zero-order chi connectivity index (χ0) is 20.1. The van der Waals surface area contributed by atoms with E-state index in [1.54, 1.807) is 22.5 Å². The van der Waals surface area contributed by atoms with Crippen LogP contribution in [0, 0.1) is 5.92 Å². The number of carbonyl (C=O) groups excluding carboxylic acids is 2. The van der Waals surface area contributed by atoms with E-state index in [9.17, 15) is 14.4 Å². The van der Waals surface area contributed by atoms with Gasteiger partial charge in [-0.15, -0.1) is 0 Å². The smallest absolute Gasteiger partial charge is 0.309 e. The minimum absolute atomic E-state index is 0.00244. The molecule has 7 nitrogen and oxygen atoms in total. The fraction of sp³-hybridized carbons (Fsp3) is 0.500. The molecule has 150 valence electrons. The van der Waals surface area contributed by atoms with Crippen molar-refractivity contribution in [3.8, 4) is 0 Å². The fourth-order valence-electron chi connectivity index (χ4n) is 3.38. The largest absolute Gasteiger partial charge is 0.466 e. The number of carbonyl (C=O) groups is 2. The maximum atomic E-state index is 12.7. The van der Waals surface area contributed by atoms with Crippen LogP contribution >= 0.6 is 11.8 Å². The molecule has 1 aliphatic heterocycles. The second kappa shape index (κ2) is 9.23. The maximum absolute atomic E-state index is 12.7. The van der Waals surface area contributed by atoms with Crippen molar-refractivity contribution in [2.75, 3.05) is 25.4 Å². The Hall–Kier alpha value is -2.35. The summed E-state index contributed by atoms with van der Waals surface area (Å²) < 4.78 is 6.67. The Labute approximate surface area is 168 Å². The van der Waals surface area contributed by atoms with Gasteiger partial charge in [0.2, 0.25) is 5.91 Å². The van der Waals surface area contributed by atoms with Gasteiger partial charge in [0, 0.05) is 19.6 Å². The average molecular weight is 404 g/mol. The molecule has 0 aliphatic carbocycles. The number of nitrogens with zero attached hydrogens (tertiary/aromatic N) is 3. The Morgan fingerprint density at radius 3 is 2.61 bits per heavy atom. The quantitative estimate of drug-likeness (QED) is 0.418. The van der Waals surface area contributed by atoms with Gasteiger partial charge in [0.15, 0.2) is 5.16 Å². The van der Waals surface area contributed by atoms with Crippen molar-refractivity contribution in [3.63, 3.8) is 0 Å². The second-order valence-electron chi connectivity index (χ2n) is 6.66. The van der Waals surface area contributed by atoms with Crippen molar-refractivity contribution in [3.05, 3.63) is 34.6 Å². The molecule has 1 amide bonds. The van der Waals surface area contributed by atoms with E-state index >= 15 is 0 Å². The highest BCUT2D eigenvalue weighted by atomic mass is 32.2. The van der Waals surface area contributed by atoms with E-state index in [1.165, 1.54) is 11.8 Å². The first-order chi connectivity index (χ1) is 13.5. The van der Waals surface area contributed by atoms with Crippen molar-refractivity contribution in [2.24, 2.45) is 5.92 Å². The lowest BCUT2D eigenvalue weighted by Gasteiger charge is -2.30. The van der Waals surface area contributed by atoms with Crippen LogP contribution in [0.25, 0.3) is 10.9 Å². The Morgan fingerprint density at radius 1 is 1.21 bits per heavy atom. The number of benzene rings is 1. The molecule has 28 heavy (non-hydrogen) atoms. The van der Waals surface area contributed by atoms with Gasteiger partial charge in [-0.1, -0.05) is 23.9 Å². The van der Waals surface area contributed by atoms with Crippen LogP contribution in [0.3, 0.4) is 0 Å². The lowest BCUT2D eigenvalue weighted by Crippen LogP contribution is -2.41. The zero-order valence-electron chi connectivity index (χ0n) is 16.2. The summed E-state index contributed by atoms with van der Waals surface area (Å²) >= 11 is 1.29. The topological polar surface area (TPSA) is 81.5 Å². The number of fused-ring (bicyclic) bond motifs is 1. The van der Waals surface area contributed by atoms with Gasteiger partial charge >= 0.3 is 5.97 Å². The van der Waals surface area contributed by atoms with Crippen LogP contribution in [-0.4, -0.2) is 51.8 Å². The van der Waals surface area contributed by atoms with E-state index in [4.69, 9.17) is 4.74 Å². The van der Waals surface area contributed by atoms with Crippen molar-refractivity contribution >= 4 is 34.5 Å². The molecule has 8 heteroatoms. The average Bonchev–Trinajstić information content (AvgIpc) is 2.72. The standard InChI is InChI=1S/C20H25N3O4S/c1-3-23-18(25)15-7-5-6-8-16(15)21-20(23)28-13-17(24)22-11-9-14(10-12-22)19(26)27-4-2/h5-8,14H,3-4,9-13H2,1-2H3. The SMILES string of the molecule is CCOC(=O)C1CCN(C(=O)CSc2nc3ccccc3c(=O)n2CC)CC1. The third kappa shape index (κ3) is 4.38. The number of hydrogen-bond acceptors (Lipinski definition) is 6. The lowest BCUT2D eigenvalue weighted by atomic mass is 9.97. The molecule has 1 fully saturated rings.